The average molecular weight is 234 g/mol. The minimum Gasteiger partial charge on any atom is -0.468 e. The van der Waals surface area contributed by atoms with Crippen LogP contribution in [0.3, 0.4) is 0 Å². The zero-order valence-corrected chi connectivity index (χ0v) is 10.4. The van der Waals surface area contributed by atoms with Crippen molar-refractivity contribution in [3.05, 3.63) is 24.2 Å². The quantitative estimate of drug-likeness (QED) is 0.819. The summed E-state index contributed by atoms with van der Waals surface area (Å²) in [5, 5.41) is 3.58. The second-order valence-electron chi connectivity index (χ2n) is 5.36. The lowest BCUT2D eigenvalue weighted by Gasteiger charge is -2.22. The molecular weight excluding hydrogens is 212 g/mol. The lowest BCUT2D eigenvalue weighted by Crippen LogP contribution is -2.31. The molecule has 0 amide bonds. The second kappa shape index (κ2) is 5.23. The predicted octanol–water partition coefficient (Wildman–Crippen LogP) is 2.39. The molecule has 3 nitrogen and oxygen atoms in total. The molecule has 0 radical (unpaired) electrons. The molecule has 1 saturated heterocycles. The highest BCUT2D eigenvalue weighted by Gasteiger charge is 2.29. The summed E-state index contributed by atoms with van der Waals surface area (Å²) in [6.45, 7) is 3.42. The molecule has 1 aromatic rings. The molecule has 2 fully saturated rings. The van der Waals surface area contributed by atoms with Crippen LogP contribution >= 0.6 is 0 Å². The summed E-state index contributed by atoms with van der Waals surface area (Å²) in [6, 6.07) is 5.65. The van der Waals surface area contributed by atoms with E-state index in [1.54, 1.807) is 6.26 Å². The molecule has 94 valence electrons. The fourth-order valence-electron chi connectivity index (χ4n) is 2.76. The monoisotopic (exact) mass is 234 g/mol. The van der Waals surface area contributed by atoms with Crippen LogP contribution in [0.1, 0.15) is 37.9 Å². The molecule has 0 aromatic carbocycles. The van der Waals surface area contributed by atoms with E-state index in [0.717, 1.165) is 24.4 Å². The maximum absolute atomic E-state index is 5.46. The van der Waals surface area contributed by atoms with Gasteiger partial charge >= 0.3 is 0 Å². The number of hydrogen-bond donors (Lipinski definition) is 1. The van der Waals surface area contributed by atoms with Crippen LogP contribution < -0.4 is 5.32 Å². The van der Waals surface area contributed by atoms with Gasteiger partial charge in [-0.1, -0.05) is 0 Å². The number of furan rings is 1. The molecular formula is C14H22N2O. The van der Waals surface area contributed by atoms with Crippen molar-refractivity contribution in [3.63, 3.8) is 0 Å². The van der Waals surface area contributed by atoms with Gasteiger partial charge in [-0.15, -0.1) is 0 Å². The van der Waals surface area contributed by atoms with Crippen molar-refractivity contribution in [2.24, 2.45) is 0 Å². The average Bonchev–Trinajstić information content (AvgIpc) is 2.85. The Kier molecular flexibility index (Phi) is 3.48. The lowest BCUT2D eigenvalue weighted by atomic mass is 10.1. The molecule has 0 bridgehead atoms. The van der Waals surface area contributed by atoms with Gasteiger partial charge in [0, 0.05) is 18.6 Å². The van der Waals surface area contributed by atoms with Gasteiger partial charge in [-0.3, -0.25) is 4.90 Å². The van der Waals surface area contributed by atoms with Gasteiger partial charge in [0.1, 0.15) is 5.76 Å². The fourth-order valence-corrected chi connectivity index (χ4v) is 2.76. The van der Waals surface area contributed by atoms with E-state index >= 15 is 0 Å². The van der Waals surface area contributed by atoms with Gasteiger partial charge in [-0.05, 0) is 50.8 Å². The third-order valence-corrected chi connectivity index (χ3v) is 3.93. The summed E-state index contributed by atoms with van der Waals surface area (Å²) in [5.74, 6) is 1.11. The van der Waals surface area contributed by atoms with E-state index in [2.05, 4.69) is 16.3 Å². The normalized spacial score (nSPS) is 24.6. The topological polar surface area (TPSA) is 28.4 Å². The number of hydrogen-bond acceptors (Lipinski definition) is 3. The van der Waals surface area contributed by atoms with E-state index in [1.165, 1.54) is 45.2 Å². The van der Waals surface area contributed by atoms with Crippen LogP contribution in [-0.2, 0) is 6.54 Å². The first kappa shape index (κ1) is 11.3. The first-order valence-electron chi connectivity index (χ1n) is 6.91. The summed E-state index contributed by atoms with van der Waals surface area (Å²) >= 11 is 0. The van der Waals surface area contributed by atoms with Gasteiger partial charge in [0.2, 0.25) is 0 Å². The number of rotatable bonds is 6. The molecule has 1 atom stereocenters. The van der Waals surface area contributed by atoms with Crippen molar-refractivity contribution < 1.29 is 4.42 Å². The Morgan fingerprint density at radius 3 is 2.94 bits per heavy atom. The molecule has 1 aromatic heterocycles. The molecule has 1 aliphatic heterocycles. The zero-order chi connectivity index (χ0) is 11.5. The third kappa shape index (κ3) is 3.11. The Hall–Kier alpha value is -0.800. The molecule has 3 heteroatoms. The molecule has 2 heterocycles. The van der Waals surface area contributed by atoms with Gasteiger partial charge in [0.15, 0.2) is 0 Å². The molecule has 1 aliphatic carbocycles. The summed E-state index contributed by atoms with van der Waals surface area (Å²) in [5.41, 5.74) is 0. The molecule has 3 rings (SSSR count). The summed E-state index contributed by atoms with van der Waals surface area (Å²) in [4.78, 5) is 2.60. The molecule has 1 N–H and O–H groups in total. The molecule has 2 aliphatic rings. The summed E-state index contributed by atoms with van der Waals surface area (Å²) in [6.07, 6.45) is 8.53. The van der Waals surface area contributed by atoms with Gasteiger partial charge < -0.3 is 9.73 Å². The Morgan fingerprint density at radius 1 is 1.35 bits per heavy atom. The van der Waals surface area contributed by atoms with Gasteiger partial charge in [-0.25, -0.2) is 0 Å². The highest BCUT2D eigenvalue weighted by molar-refractivity contribution is 4.99. The summed E-state index contributed by atoms with van der Waals surface area (Å²) in [7, 11) is 0. The number of nitrogens with one attached hydrogen (secondary N) is 1. The maximum atomic E-state index is 5.46. The number of nitrogens with zero attached hydrogens (tertiary/aromatic N) is 1. The smallest absolute Gasteiger partial charge is 0.117 e. The Morgan fingerprint density at radius 2 is 2.29 bits per heavy atom. The third-order valence-electron chi connectivity index (χ3n) is 3.93. The standard InChI is InChI=1S/C14H22N2O/c1-3-12(15-8-1)7-9-16(13-5-6-13)11-14-4-2-10-17-14/h2,4,10,12-13,15H,1,3,5-9,11H2. The largest absolute Gasteiger partial charge is 0.468 e. The van der Waals surface area contributed by atoms with E-state index in [0.29, 0.717) is 0 Å². The van der Waals surface area contributed by atoms with Crippen molar-refractivity contribution in [1.82, 2.24) is 10.2 Å². The Bertz CT molecular complexity index is 326. The fraction of sp³-hybridized carbons (Fsp3) is 0.714. The second-order valence-corrected chi connectivity index (χ2v) is 5.36. The van der Waals surface area contributed by atoms with Crippen LogP contribution in [0.15, 0.2) is 22.8 Å². The Balaban J connectivity index is 1.49. The van der Waals surface area contributed by atoms with E-state index in [1.807, 2.05) is 6.07 Å². The zero-order valence-electron chi connectivity index (χ0n) is 10.4. The van der Waals surface area contributed by atoms with Gasteiger partial charge in [0.05, 0.1) is 12.8 Å². The lowest BCUT2D eigenvalue weighted by molar-refractivity contribution is 0.223. The highest BCUT2D eigenvalue weighted by Crippen LogP contribution is 2.29. The molecule has 17 heavy (non-hydrogen) atoms. The van der Waals surface area contributed by atoms with Gasteiger partial charge in [-0.2, -0.15) is 0 Å². The van der Waals surface area contributed by atoms with Crippen LogP contribution in [-0.4, -0.2) is 30.1 Å². The van der Waals surface area contributed by atoms with Crippen molar-refractivity contribution in [2.75, 3.05) is 13.1 Å². The van der Waals surface area contributed by atoms with E-state index < -0.39 is 0 Å². The Labute approximate surface area is 103 Å². The van der Waals surface area contributed by atoms with Crippen LogP contribution in [0.25, 0.3) is 0 Å². The molecule has 0 spiro atoms. The molecule has 1 saturated carbocycles. The predicted molar refractivity (Wildman–Crippen MR) is 67.8 cm³/mol. The molecule has 1 unspecified atom stereocenters. The maximum Gasteiger partial charge on any atom is 0.117 e. The van der Waals surface area contributed by atoms with Crippen molar-refractivity contribution >= 4 is 0 Å². The van der Waals surface area contributed by atoms with Crippen LogP contribution in [0.2, 0.25) is 0 Å². The van der Waals surface area contributed by atoms with Crippen LogP contribution in [0.4, 0.5) is 0 Å². The van der Waals surface area contributed by atoms with E-state index in [9.17, 15) is 0 Å². The SMILES string of the molecule is c1coc(CN(CCC2CCCN2)C2CC2)c1. The van der Waals surface area contributed by atoms with E-state index in [4.69, 9.17) is 4.42 Å². The summed E-state index contributed by atoms with van der Waals surface area (Å²) < 4.78 is 5.46. The highest BCUT2D eigenvalue weighted by atomic mass is 16.3. The van der Waals surface area contributed by atoms with Crippen molar-refractivity contribution in [3.8, 4) is 0 Å². The van der Waals surface area contributed by atoms with Crippen LogP contribution in [0.5, 0.6) is 0 Å². The minimum absolute atomic E-state index is 0.757. The van der Waals surface area contributed by atoms with Crippen LogP contribution in [0, 0.1) is 0 Å². The van der Waals surface area contributed by atoms with Gasteiger partial charge in [0.25, 0.3) is 0 Å². The first-order chi connectivity index (χ1) is 8.42. The van der Waals surface area contributed by atoms with E-state index in [-0.39, 0.29) is 0 Å². The first-order valence-corrected chi connectivity index (χ1v) is 6.91. The van der Waals surface area contributed by atoms with Crippen molar-refractivity contribution in [2.45, 2.75) is 50.7 Å². The minimum atomic E-state index is 0.757. The van der Waals surface area contributed by atoms with Crippen molar-refractivity contribution in [1.29, 1.82) is 0 Å².